The van der Waals surface area contributed by atoms with Gasteiger partial charge >= 0.3 is 0 Å². The van der Waals surface area contributed by atoms with E-state index in [4.69, 9.17) is 16.3 Å². The Morgan fingerprint density at radius 2 is 1.90 bits per heavy atom. The van der Waals surface area contributed by atoms with E-state index in [-0.39, 0.29) is 11.3 Å². The molecule has 5 nitrogen and oxygen atoms in total. The lowest BCUT2D eigenvalue weighted by atomic mass is 9.99. The summed E-state index contributed by atoms with van der Waals surface area (Å²) in [6, 6.07) is 16.6. The molecule has 1 aliphatic heterocycles. The lowest BCUT2D eigenvalue weighted by Gasteiger charge is -2.24. The molecule has 158 valence electrons. The molecule has 1 saturated heterocycles. The Morgan fingerprint density at radius 1 is 1.13 bits per heavy atom. The number of hydrogen-bond donors (Lipinski definition) is 1. The van der Waals surface area contributed by atoms with Crippen LogP contribution in [0.4, 0.5) is 5.69 Å². The van der Waals surface area contributed by atoms with E-state index < -0.39 is 17.7 Å². The standard InChI is InChI=1S/C24H20ClNO4S/c1-2-12-30-18-6-3-5-15(14-18)22(27)20-21(19-7-4-13-31-19)26(24(29)23(20)28)17-10-8-16(25)9-11-17/h3-11,13-14,21,27H,2,12H2,1H3/b22-20-. The molecule has 1 aromatic heterocycles. The molecular formula is C24H20ClNO4S. The Hall–Kier alpha value is -3.09. The highest BCUT2D eigenvalue weighted by atomic mass is 35.5. The predicted octanol–water partition coefficient (Wildman–Crippen LogP) is 5.82. The van der Waals surface area contributed by atoms with Crippen LogP contribution >= 0.6 is 22.9 Å². The summed E-state index contributed by atoms with van der Waals surface area (Å²) < 4.78 is 5.65. The second-order valence-electron chi connectivity index (χ2n) is 7.04. The number of rotatable bonds is 6. The molecule has 0 bridgehead atoms. The number of carbonyl (C=O) groups excluding carboxylic acids is 2. The molecule has 1 aliphatic rings. The number of hydrogen-bond acceptors (Lipinski definition) is 5. The van der Waals surface area contributed by atoms with Crippen LogP contribution in [0.1, 0.15) is 29.8 Å². The van der Waals surface area contributed by atoms with E-state index in [1.807, 2.05) is 24.4 Å². The Balaban J connectivity index is 1.84. The molecule has 4 rings (SSSR count). The molecule has 1 amide bonds. The first-order valence-electron chi connectivity index (χ1n) is 9.84. The number of amides is 1. The molecule has 1 unspecified atom stereocenters. The van der Waals surface area contributed by atoms with Crippen LogP contribution < -0.4 is 9.64 Å². The minimum Gasteiger partial charge on any atom is -0.507 e. The summed E-state index contributed by atoms with van der Waals surface area (Å²) in [6.07, 6.45) is 0.848. The third-order valence-electron chi connectivity index (χ3n) is 4.94. The van der Waals surface area contributed by atoms with Crippen LogP contribution in [0.25, 0.3) is 5.76 Å². The fraction of sp³-hybridized carbons (Fsp3) is 0.167. The van der Waals surface area contributed by atoms with Crippen molar-refractivity contribution in [2.75, 3.05) is 11.5 Å². The predicted molar refractivity (Wildman–Crippen MR) is 123 cm³/mol. The minimum absolute atomic E-state index is 0.0510. The monoisotopic (exact) mass is 453 g/mol. The van der Waals surface area contributed by atoms with Crippen molar-refractivity contribution in [3.05, 3.63) is 87.1 Å². The molecule has 0 radical (unpaired) electrons. The molecule has 0 saturated carbocycles. The fourth-order valence-corrected chi connectivity index (χ4v) is 4.47. The Morgan fingerprint density at radius 3 is 2.58 bits per heavy atom. The lowest BCUT2D eigenvalue weighted by molar-refractivity contribution is -0.132. The summed E-state index contributed by atoms with van der Waals surface area (Å²) in [5.41, 5.74) is 1.00. The number of aliphatic hydroxyl groups excluding tert-OH is 1. The number of anilines is 1. The van der Waals surface area contributed by atoms with Crippen LogP contribution in [-0.4, -0.2) is 23.4 Å². The number of halogens is 1. The van der Waals surface area contributed by atoms with Gasteiger partial charge in [0.15, 0.2) is 0 Å². The number of Topliss-reactive ketones (excluding diaryl/α,β-unsaturated/α-hetero) is 1. The maximum atomic E-state index is 13.1. The summed E-state index contributed by atoms with van der Waals surface area (Å²) in [5.74, 6) is -1.06. The average Bonchev–Trinajstić information content (AvgIpc) is 3.40. The van der Waals surface area contributed by atoms with E-state index in [0.717, 1.165) is 11.3 Å². The van der Waals surface area contributed by atoms with Crippen molar-refractivity contribution in [1.82, 2.24) is 0 Å². The third kappa shape index (κ3) is 4.09. The summed E-state index contributed by atoms with van der Waals surface area (Å²) in [6.45, 7) is 2.55. The molecule has 31 heavy (non-hydrogen) atoms. The summed E-state index contributed by atoms with van der Waals surface area (Å²) in [5, 5.41) is 13.5. The van der Waals surface area contributed by atoms with Gasteiger partial charge in [-0.1, -0.05) is 36.7 Å². The van der Waals surface area contributed by atoms with Gasteiger partial charge in [0.25, 0.3) is 11.7 Å². The molecule has 2 aromatic carbocycles. The highest BCUT2D eigenvalue weighted by Gasteiger charge is 2.47. The normalized spacial score (nSPS) is 17.9. The third-order valence-corrected chi connectivity index (χ3v) is 6.12. The Kier molecular flexibility index (Phi) is 6.11. The van der Waals surface area contributed by atoms with Crippen molar-refractivity contribution in [3.8, 4) is 5.75 Å². The van der Waals surface area contributed by atoms with E-state index in [9.17, 15) is 14.7 Å². The molecule has 0 aliphatic carbocycles. The molecular weight excluding hydrogens is 434 g/mol. The van der Waals surface area contributed by atoms with E-state index in [1.54, 1.807) is 48.5 Å². The first-order valence-corrected chi connectivity index (χ1v) is 11.1. The SMILES string of the molecule is CCCOc1cccc(/C(O)=C2/C(=O)C(=O)N(c3ccc(Cl)cc3)C2c2cccs2)c1. The molecule has 7 heteroatoms. The van der Waals surface area contributed by atoms with Crippen molar-refractivity contribution in [1.29, 1.82) is 0 Å². The zero-order valence-electron chi connectivity index (χ0n) is 16.7. The average molecular weight is 454 g/mol. The number of thiophene rings is 1. The van der Waals surface area contributed by atoms with Gasteiger partial charge in [0.05, 0.1) is 12.2 Å². The van der Waals surface area contributed by atoms with Gasteiger partial charge in [-0.15, -0.1) is 11.3 Å². The second kappa shape index (κ2) is 8.96. The molecule has 2 heterocycles. The first kappa shape index (κ1) is 21.2. The van der Waals surface area contributed by atoms with Gasteiger partial charge < -0.3 is 9.84 Å². The number of benzene rings is 2. The smallest absolute Gasteiger partial charge is 0.300 e. The summed E-state index contributed by atoms with van der Waals surface area (Å²) in [7, 11) is 0. The van der Waals surface area contributed by atoms with E-state index >= 15 is 0 Å². The van der Waals surface area contributed by atoms with E-state index in [2.05, 4.69) is 0 Å². The van der Waals surface area contributed by atoms with Gasteiger partial charge in [0.1, 0.15) is 17.6 Å². The molecule has 1 N–H and O–H groups in total. The van der Waals surface area contributed by atoms with E-state index in [0.29, 0.717) is 28.6 Å². The van der Waals surface area contributed by atoms with Gasteiger partial charge in [-0.25, -0.2) is 0 Å². The lowest BCUT2D eigenvalue weighted by Crippen LogP contribution is -2.29. The fourth-order valence-electron chi connectivity index (χ4n) is 3.53. The minimum atomic E-state index is -0.735. The summed E-state index contributed by atoms with van der Waals surface area (Å²) in [4.78, 5) is 28.3. The van der Waals surface area contributed by atoms with Gasteiger partial charge in [0.2, 0.25) is 0 Å². The Labute approximate surface area is 189 Å². The maximum Gasteiger partial charge on any atom is 0.300 e. The quantitative estimate of drug-likeness (QED) is 0.290. The van der Waals surface area contributed by atoms with Crippen LogP contribution in [0, 0.1) is 0 Å². The van der Waals surface area contributed by atoms with Crippen LogP contribution in [0.15, 0.2) is 71.6 Å². The van der Waals surface area contributed by atoms with Crippen molar-refractivity contribution in [3.63, 3.8) is 0 Å². The van der Waals surface area contributed by atoms with Crippen LogP contribution in [-0.2, 0) is 9.59 Å². The van der Waals surface area contributed by atoms with E-state index in [1.165, 1.54) is 16.2 Å². The molecule has 1 fully saturated rings. The molecule has 1 atom stereocenters. The largest absolute Gasteiger partial charge is 0.507 e. The number of aliphatic hydroxyl groups is 1. The topological polar surface area (TPSA) is 66.8 Å². The van der Waals surface area contributed by atoms with Gasteiger partial charge in [0, 0.05) is 21.2 Å². The van der Waals surface area contributed by atoms with Gasteiger partial charge in [-0.2, -0.15) is 0 Å². The van der Waals surface area contributed by atoms with Crippen LogP contribution in [0.5, 0.6) is 5.75 Å². The maximum absolute atomic E-state index is 13.1. The second-order valence-corrected chi connectivity index (χ2v) is 8.45. The zero-order valence-corrected chi connectivity index (χ0v) is 18.3. The Bertz CT molecular complexity index is 1140. The number of ether oxygens (including phenoxy) is 1. The molecule has 3 aromatic rings. The van der Waals surface area contributed by atoms with Crippen molar-refractivity contribution < 1.29 is 19.4 Å². The number of nitrogens with zero attached hydrogens (tertiary/aromatic N) is 1. The van der Waals surface area contributed by atoms with Gasteiger partial charge in [-0.05, 0) is 54.3 Å². The first-order chi connectivity index (χ1) is 15.0. The summed E-state index contributed by atoms with van der Waals surface area (Å²) >= 11 is 7.41. The zero-order chi connectivity index (χ0) is 22.0. The van der Waals surface area contributed by atoms with Crippen molar-refractivity contribution >= 4 is 46.1 Å². The van der Waals surface area contributed by atoms with Crippen LogP contribution in [0.2, 0.25) is 5.02 Å². The number of ketones is 1. The van der Waals surface area contributed by atoms with Crippen molar-refractivity contribution in [2.24, 2.45) is 0 Å². The highest BCUT2D eigenvalue weighted by molar-refractivity contribution is 7.10. The van der Waals surface area contributed by atoms with Gasteiger partial charge in [-0.3, -0.25) is 14.5 Å². The van der Waals surface area contributed by atoms with Crippen LogP contribution in [0.3, 0.4) is 0 Å². The van der Waals surface area contributed by atoms with Crippen molar-refractivity contribution in [2.45, 2.75) is 19.4 Å². The highest BCUT2D eigenvalue weighted by Crippen LogP contribution is 2.43. The molecule has 0 spiro atoms. The number of carbonyl (C=O) groups is 2.